The normalized spacial score (nSPS) is 24.9. The number of amides is 1. The Balaban J connectivity index is 2.56. The lowest BCUT2D eigenvalue weighted by molar-refractivity contribution is -0.150. The third-order valence-corrected chi connectivity index (χ3v) is 3.67. The molecule has 3 N–H and O–H groups in total. The molecule has 2 atom stereocenters. The van der Waals surface area contributed by atoms with E-state index >= 15 is 0 Å². The molecule has 0 saturated carbocycles. The minimum absolute atomic E-state index is 0.111. The predicted molar refractivity (Wildman–Crippen MR) is 65.8 cm³/mol. The van der Waals surface area contributed by atoms with E-state index in [-0.39, 0.29) is 18.4 Å². The van der Waals surface area contributed by atoms with E-state index in [0.29, 0.717) is 6.54 Å². The maximum atomic E-state index is 12.2. The third-order valence-electron chi connectivity index (χ3n) is 3.67. The number of hydrogen-bond acceptors (Lipinski definition) is 5. The Bertz CT molecular complexity index is 311. The second-order valence-corrected chi connectivity index (χ2v) is 4.99. The SMILES string of the molecule is COC(=O)C(O)CNC(=O)C1(C(C)C)CCNC1. The van der Waals surface area contributed by atoms with Gasteiger partial charge >= 0.3 is 5.97 Å². The first-order valence-electron chi connectivity index (χ1n) is 6.19. The first-order valence-corrected chi connectivity index (χ1v) is 6.19. The van der Waals surface area contributed by atoms with Crippen LogP contribution in [0, 0.1) is 11.3 Å². The Morgan fingerprint density at radius 3 is 2.61 bits per heavy atom. The Morgan fingerprint density at radius 1 is 1.50 bits per heavy atom. The van der Waals surface area contributed by atoms with Gasteiger partial charge < -0.3 is 20.5 Å². The molecule has 18 heavy (non-hydrogen) atoms. The summed E-state index contributed by atoms with van der Waals surface area (Å²) in [6.45, 7) is 5.34. The molecule has 0 aromatic carbocycles. The van der Waals surface area contributed by atoms with E-state index in [9.17, 15) is 14.7 Å². The lowest BCUT2D eigenvalue weighted by atomic mass is 9.75. The number of rotatable bonds is 5. The van der Waals surface area contributed by atoms with Crippen LogP contribution in [0.2, 0.25) is 0 Å². The van der Waals surface area contributed by atoms with Crippen molar-refractivity contribution in [3.63, 3.8) is 0 Å². The Kier molecular flexibility index (Phi) is 5.10. The van der Waals surface area contributed by atoms with Crippen LogP contribution in [-0.2, 0) is 14.3 Å². The Morgan fingerprint density at radius 2 is 2.17 bits per heavy atom. The van der Waals surface area contributed by atoms with Gasteiger partial charge in [0.25, 0.3) is 0 Å². The van der Waals surface area contributed by atoms with E-state index in [0.717, 1.165) is 13.0 Å². The summed E-state index contributed by atoms with van der Waals surface area (Å²) in [4.78, 5) is 23.2. The topological polar surface area (TPSA) is 87.7 Å². The summed E-state index contributed by atoms with van der Waals surface area (Å²) in [6.07, 6.45) is -0.539. The maximum Gasteiger partial charge on any atom is 0.336 e. The van der Waals surface area contributed by atoms with Crippen LogP contribution in [0.1, 0.15) is 20.3 Å². The van der Waals surface area contributed by atoms with E-state index in [1.54, 1.807) is 0 Å². The molecule has 0 aromatic rings. The fourth-order valence-corrected chi connectivity index (χ4v) is 2.24. The number of carbonyl (C=O) groups excluding carboxylic acids is 2. The van der Waals surface area contributed by atoms with Gasteiger partial charge in [0.05, 0.1) is 19.1 Å². The van der Waals surface area contributed by atoms with Crippen LogP contribution in [0.5, 0.6) is 0 Å². The summed E-state index contributed by atoms with van der Waals surface area (Å²) in [7, 11) is 1.20. The highest BCUT2D eigenvalue weighted by Crippen LogP contribution is 2.34. The number of carbonyl (C=O) groups is 2. The third kappa shape index (κ3) is 3.00. The van der Waals surface area contributed by atoms with Crippen LogP contribution in [0.4, 0.5) is 0 Å². The summed E-state index contributed by atoms with van der Waals surface area (Å²) >= 11 is 0. The summed E-state index contributed by atoms with van der Waals surface area (Å²) in [5.41, 5.74) is -0.449. The monoisotopic (exact) mass is 258 g/mol. The quantitative estimate of drug-likeness (QED) is 0.566. The van der Waals surface area contributed by atoms with Crippen LogP contribution in [0.3, 0.4) is 0 Å². The van der Waals surface area contributed by atoms with E-state index in [1.807, 2.05) is 13.8 Å². The first kappa shape index (κ1) is 14.9. The smallest absolute Gasteiger partial charge is 0.336 e. The molecule has 1 rings (SSSR count). The summed E-state index contributed by atoms with van der Waals surface area (Å²) in [5, 5.41) is 15.2. The highest BCUT2D eigenvalue weighted by molar-refractivity contribution is 5.84. The van der Waals surface area contributed by atoms with Gasteiger partial charge in [0.15, 0.2) is 6.10 Å². The largest absolute Gasteiger partial charge is 0.467 e. The summed E-state index contributed by atoms with van der Waals surface area (Å²) in [6, 6.07) is 0. The standard InChI is InChI=1S/C12H22N2O4/c1-8(2)12(4-5-13-7-12)11(17)14-6-9(15)10(16)18-3/h8-9,13,15H,4-7H2,1-3H3,(H,14,17). The zero-order valence-corrected chi connectivity index (χ0v) is 11.2. The fourth-order valence-electron chi connectivity index (χ4n) is 2.24. The summed E-state index contributed by atoms with van der Waals surface area (Å²) in [5.74, 6) is -0.660. The van der Waals surface area contributed by atoms with E-state index in [2.05, 4.69) is 15.4 Å². The van der Waals surface area contributed by atoms with Crippen molar-refractivity contribution in [3.8, 4) is 0 Å². The van der Waals surface area contributed by atoms with Crippen molar-refractivity contribution in [3.05, 3.63) is 0 Å². The van der Waals surface area contributed by atoms with E-state index < -0.39 is 17.5 Å². The van der Waals surface area contributed by atoms with Gasteiger partial charge in [0, 0.05) is 6.54 Å². The molecule has 0 bridgehead atoms. The van der Waals surface area contributed by atoms with Crippen molar-refractivity contribution < 1.29 is 19.4 Å². The van der Waals surface area contributed by atoms with Crippen molar-refractivity contribution in [2.75, 3.05) is 26.7 Å². The number of ether oxygens (including phenoxy) is 1. The van der Waals surface area contributed by atoms with Crippen molar-refractivity contribution >= 4 is 11.9 Å². The minimum atomic E-state index is -1.31. The maximum absolute atomic E-state index is 12.2. The second-order valence-electron chi connectivity index (χ2n) is 4.99. The number of methoxy groups -OCH3 is 1. The molecule has 0 spiro atoms. The molecule has 2 unspecified atom stereocenters. The lowest BCUT2D eigenvalue weighted by Crippen LogP contribution is -2.49. The predicted octanol–water partition coefficient (Wildman–Crippen LogP) is -0.728. The molecule has 1 fully saturated rings. The second kappa shape index (κ2) is 6.15. The van der Waals surface area contributed by atoms with Gasteiger partial charge in [-0.25, -0.2) is 4.79 Å². The fraction of sp³-hybridized carbons (Fsp3) is 0.833. The van der Waals surface area contributed by atoms with Gasteiger partial charge in [0.1, 0.15) is 0 Å². The molecule has 0 aromatic heterocycles. The van der Waals surface area contributed by atoms with Crippen molar-refractivity contribution in [1.29, 1.82) is 0 Å². The number of aliphatic hydroxyl groups excluding tert-OH is 1. The van der Waals surface area contributed by atoms with E-state index in [1.165, 1.54) is 7.11 Å². The molecule has 1 saturated heterocycles. The number of aliphatic hydroxyl groups is 1. The van der Waals surface area contributed by atoms with Crippen LogP contribution in [-0.4, -0.2) is 49.8 Å². The highest BCUT2D eigenvalue weighted by atomic mass is 16.5. The first-order chi connectivity index (χ1) is 8.44. The van der Waals surface area contributed by atoms with Gasteiger partial charge in [-0.15, -0.1) is 0 Å². The summed E-state index contributed by atoms with van der Waals surface area (Å²) < 4.78 is 4.39. The molecule has 6 heteroatoms. The van der Waals surface area contributed by atoms with Crippen molar-refractivity contribution in [2.45, 2.75) is 26.4 Å². The van der Waals surface area contributed by atoms with Gasteiger partial charge in [-0.2, -0.15) is 0 Å². The molecule has 1 aliphatic heterocycles. The van der Waals surface area contributed by atoms with Gasteiger partial charge in [-0.05, 0) is 18.9 Å². The number of esters is 1. The average molecular weight is 258 g/mol. The van der Waals surface area contributed by atoms with Crippen LogP contribution < -0.4 is 10.6 Å². The molecular weight excluding hydrogens is 236 g/mol. The molecule has 1 amide bonds. The molecule has 104 valence electrons. The molecule has 0 aliphatic carbocycles. The Hall–Kier alpha value is -1.14. The zero-order chi connectivity index (χ0) is 13.8. The Labute approximate surface area is 107 Å². The average Bonchev–Trinajstić information content (AvgIpc) is 2.84. The molecule has 0 radical (unpaired) electrons. The van der Waals surface area contributed by atoms with Gasteiger partial charge in [0.2, 0.25) is 5.91 Å². The lowest BCUT2D eigenvalue weighted by Gasteiger charge is -2.31. The molecular formula is C12H22N2O4. The van der Waals surface area contributed by atoms with Gasteiger partial charge in [-0.3, -0.25) is 4.79 Å². The van der Waals surface area contributed by atoms with Crippen molar-refractivity contribution in [2.24, 2.45) is 11.3 Å². The molecule has 6 nitrogen and oxygen atoms in total. The van der Waals surface area contributed by atoms with Gasteiger partial charge in [-0.1, -0.05) is 13.8 Å². The number of nitrogens with one attached hydrogen (secondary N) is 2. The number of hydrogen-bond donors (Lipinski definition) is 3. The molecule has 1 aliphatic rings. The highest BCUT2D eigenvalue weighted by Gasteiger charge is 2.43. The van der Waals surface area contributed by atoms with Crippen molar-refractivity contribution in [1.82, 2.24) is 10.6 Å². The molecule has 1 heterocycles. The van der Waals surface area contributed by atoms with E-state index in [4.69, 9.17) is 0 Å². The van der Waals surface area contributed by atoms with Crippen LogP contribution in [0.15, 0.2) is 0 Å². The minimum Gasteiger partial charge on any atom is -0.467 e. The van der Waals surface area contributed by atoms with Crippen LogP contribution in [0.25, 0.3) is 0 Å². The zero-order valence-electron chi connectivity index (χ0n) is 11.2. The van der Waals surface area contributed by atoms with Crippen LogP contribution >= 0.6 is 0 Å².